The highest BCUT2D eigenvalue weighted by molar-refractivity contribution is 5.25. The maximum absolute atomic E-state index is 4.65. The Hall–Kier alpha value is -0.830. The Bertz CT molecular complexity index is 345. The van der Waals surface area contributed by atoms with Crippen molar-refractivity contribution < 1.29 is 0 Å². The first-order chi connectivity index (χ1) is 7.38. The van der Waals surface area contributed by atoms with E-state index in [9.17, 15) is 0 Å². The SMILES string of the molecule is CCNCCc1c(C)nn(C(C)(C)C)c1C. The van der Waals surface area contributed by atoms with Crippen molar-refractivity contribution in [2.45, 2.75) is 53.5 Å². The van der Waals surface area contributed by atoms with Crippen LogP contribution in [0.5, 0.6) is 0 Å². The summed E-state index contributed by atoms with van der Waals surface area (Å²) in [5.74, 6) is 0. The lowest BCUT2D eigenvalue weighted by molar-refractivity contribution is 0.346. The number of hydrogen-bond acceptors (Lipinski definition) is 2. The van der Waals surface area contributed by atoms with E-state index >= 15 is 0 Å². The molecule has 0 fully saturated rings. The summed E-state index contributed by atoms with van der Waals surface area (Å²) in [6.07, 6.45) is 1.07. The molecular weight excluding hydrogens is 198 g/mol. The van der Waals surface area contributed by atoms with Crippen LogP contribution in [-0.4, -0.2) is 22.9 Å². The van der Waals surface area contributed by atoms with E-state index in [0.717, 1.165) is 19.5 Å². The summed E-state index contributed by atoms with van der Waals surface area (Å²) in [5, 5.41) is 8.01. The molecule has 0 unspecified atom stereocenters. The monoisotopic (exact) mass is 223 g/mol. The Morgan fingerprint density at radius 2 is 1.88 bits per heavy atom. The predicted molar refractivity (Wildman–Crippen MR) is 68.9 cm³/mol. The number of rotatable bonds is 4. The molecule has 1 heterocycles. The quantitative estimate of drug-likeness (QED) is 0.794. The van der Waals surface area contributed by atoms with Crippen LogP contribution in [0.4, 0.5) is 0 Å². The van der Waals surface area contributed by atoms with Crippen LogP contribution in [0.15, 0.2) is 0 Å². The maximum atomic E-state index is 4.65. The smallest absolute Gasteiger partial charge is 0.0629 e. The van der Waals surface area contributed by atoms with Crippen molar-refractivity contribution in [3.8, 4) is 0 Å². The molecule has 3 nitrogen and oxygen atoms in total. The molecule has 92 valence electrons. The third-order valence-electron chi connectivity index (χ3n) is 2.88. The Labute approximate surface area is 99.2 Å². The van der Waals surface area contributed by atoms with Crippen molar-refractivity contribution in [3.63, 3.8) is 0 Å². The van der Waals surface area contributed by atoms with E-state index in [-0.39, 0.29) is 5.54 Å². The Morgan fingerprint density at radius 1 is 1.25 bits per heavy atom. The van der Waals surface area contributed by atoms with Crippen molar-refractivity contribution in [1.82, 2.24) is 15.1 Å². The van der Waals surface area contributed by atoms with Gasteiger partial charge in [0, 0.05) is 5.69 Å². The van der Waals surface area contributed by atoms with Crippen LogP contribution in [0.1, 0.15) is 44.6 Å². The third kappa shape index (κ3) is 2.85. The fourth-order valence-electron chi connectivity index (χ4n) is 2.08. The number of nitrogens with one attached hydrogen (secondary N) is 1. The zero-order chi connectivity index (χ0) is 12.3. The van der Waals surface area contributed by atoms with E-state index in [1.807, 2.05) is 0 Å². The van der Waals surface area contributed by atoms with Gasteiger partial charge >= 0.3 is 0 Å². The molecule has 1 rings (SSSR count). The molecule has 0 aliphatic carbocycles. The van der Waals surface area contributed by atoms with Crippen molar-refractivity contribution in [2.75, 3.05) is 13.1 Å². The topological polar surface area (TPSA) is 29.9 Å². The van der Waals surface area contributed by atoms with E-state index in [4.69, 9.17) is 0 Å². The Kier molecular flexibility index (Phi) is 4.14. The van der Waals surface area contributed by atoms with Crippen LogP contribution in [0.25, 0.3) is 0 Å². The van der Waals surface area contributed by atoms with Crippen molar-refractivity contribution in [2.24, 2.45) is 0 Å². The molecule has 0 atom stereocenters. The zero-order valence-electron chi connectivity index (χ0n) is 11.5. The average Bonchev–Trinajstić information content (AvgIpc) is 2.44. The summed E-state index contributed by atoms with van der Waals surface area (Å²) in [5.41, 5.74) is 3.95. The van der Waals surface area contributed by atoms with Crippen molar-refractivity contribution in [1.29, 1.82) is 0 Å². The highest BCUT2D eigenvalue weighted by Crippen LogP contribution is 2.21. The second kappa shape index (κ2) is 5.00. The zero-order valence-corrected chi connectivity index (χ0v) is 11.5. The van der Waals surface area contributed by atoms with Gasteiger partial charge in [-0.3, -0.25) is 4.68 Å². The summed E-state index contributed by atoms with van der Waals surface area (Å²) < 4.78 is 2.14. The number of nitrogens with zero attached hydrogens (tertiary/aromatic N) is 2. The fourth-order valence-corrected chi connectivity index (χ4v) is 2.08. The molecule has 0 spiro atoms. The van der Waals surface area contributed by atoms with Crippen LogP contribution >= 0.6 is 0 Å². The van der Waals surface area contributed by atoms with Crippen molar-refractivity contribution in [3.05, 3.63) is 17.0 Å². The van der Waals surface area contributed by atoms with Gasteiger partial charge in [-0.1, -0.05) is 6.92 Å². The Morgan fingerprint density at radius 3 is 2.31 bits per heavy atom. The van der Waals surface area contributed by atoms with Crippen LogP contribution in [-0.2, 0) is 12.0 Å². The molecule has 0 radical (unpaired) electrons. The number of aryl methyl sites for hydroxylation is 1. The molecule has 0 aliphatic heterocycles. The molecule has 3 heteroatoms. The minimum absolute atomic E-state index is 0.0747. The average molecular weight is 223 g/mol. The number of aromatic nitrogens is 2. The fraction of sp³-hybridized carbons (Fsp3) is 0.769. The summed E-state index contributed by atoms with van der Waals surface area (Å²) in [4.78, 5) is 0. The minimum Gasteiger partial charge on any atom is -0.317 e. The van der Waals surface area contributed by atoms with E-state index in [1.165, 1.54) is 17.0 Å². The van der Waals surface area contributed by atoms with Gasteiger partial charge in [-0.15, -0.1) is 0 Å². The molecule has 1 aromatic heterocycles. The molecule has 0 amide bonds. The van der Waals surface area contributed by atoms with E-state index in [0.29, 0.717) is 0 Å². The molecule has 0 saturated heterocycles. The molecular formula is C13H25N3. The lowest BCUT2D eigenvalue weighted by Gasteiger charge is -2.21. The highest BCUT2D eigenvalue weighted by Gasteiger charge is 2.20. The first kappa shape index (κ1) is 13.2. The first-order valence-electron chi connectivity index (χ1n) is 6.14. The second-order valence-electron chi connectivity index (χ2n) is 5.34. The summed E-state index contributed by atoms with van der Waals surface area (Å²) in [6, 6.07) is 0. The van der Waals surface area contributed by atoms with E-state index in [1.54, 1.807) is 0 Å². The minimum atomic E-state index is 0.0747. The number of likely N-dealkylation sites (N-methyl/N-ethyl adjacent to an activating group) is 1. The number of hydrogen-bond donors (Lipinski definition) is 1. The highest BCUT2D eigenvalue weighted by atomic mass is 15.3. The third-order valence-corrected chi connectivity index (χ3v) is 2.88. The molecule has 1 N–H and O–H groups in total. The van der Waals surface area contributed by atoms with Gasteiger partial charge in [-0.05, 0) is 59.7 Å². The van der Waals surface area contributed by atoms with Crippen LogP contribution in [0.3, 0.4) is 0 Å². The van der Waals surface area contributed by atoms with Gasteiger partial charge in [0.25, 0.3) is 0 Å². The molecule has 1 aromatic rings. The van der Waals surface area contributed by atoms with E-state index in [2.05, 4.69) is 56.6 Å². The Balaban J connectivity index is 2.90. The molecule has 16 heavy (non-hydrogen) atoms. The van der Waals surface area contributed by atoms with Gasteiger partial charge < -0.3 is 5.32 Å². The second-order valence-corrected chi connectivity index (χ2v) is 5.34. The van der Waals surface area contributed by atoms with Gasteiger partial charge in [0.05, 0.1) is 11.2 Å². The normalized spacial score (nSPS) is 12.1. The lowest BCUT2D eigenvalue weighted by Crippen LogP contribution is -2.24. The summed E-state index contributed by atoms with van der Waals surface area (Å²) in [7, 11) is 0. The van der Waals surface area contributed by atoms with E-state index < -0.39 is 0 Å². The van der Waals surface area contributed by atoms with Gasteiger partial charge in [0.1, 0.15) is 0 Å². The first-order valence-corrected chi connectivity index (χ1v) is 6.14. The molecule has 0 bridgehead atoms. The van der Waals surface area contributed by atoms with Crippen LogP contribution in [0, 0.1) is 13.8 Å². The van der Waals surface area contributed by atoms with Gasteiger partial charge in [-0.2, -0.15) is 5.10 Å². The molecule has 0 saturated carbocycles. The molecule has 0 aromatic carbocycles. The standard InChI is InChI=1S/C13H25N3/c1-7-14-9-8-12-10(2)15-16(11(12)3)13(4,5)6/h14H,7-9H2,1-6H3. The predicted octanol–water partition coefficient (Wildman–Crippen LogP) is 2.41. The summed E-state index contributed by atoms with van der Waals surface area (Å²) >= 11 is 0. The maximum Gasteiger partial charge on any atom is 0.0629 e. The molecule has 0 aliphatic rings. The van der Waals surface area contributed by atoms with Gasteiger partial charge in [0.2, 0.25) is 0 Å². The van der Waals surface area contributed by atoms with Crippen molar-refractivity contribution >= 4 is 0 Å². The van der Waals surface area contributed by atoms with Gasteiger partial charge in [-0.25, -0.2) is 0 Å². The largest absolute Gasteiger partial charge is 0.317 e. The summed E-state index contributed by atoms with van der Waals surface area (Å²) in [6.45, 7) is 15.1. The lowest BCUT2D eigenvalue weighted by atomic mass is 10.1. The van der Waals surface area contributed by atoms with Crippen LogP contribution < -0.4 is 5.32 Å². The van der Waals surface area contributed by atoms with Crippen LogP contribution in [0.2, 0.25) is 0 Å². The van der Waals surface area contributed by atoms with Gasteiger partial charge in [0.15, 0.2) is 0 Å².